The molecule has 0 bridgehead atoms. The summed E-state index contributed by atoms with van der Waals surface area (Å²) in [5, 5.41) is 3.34. The Morgan fingerprint density at radius 1 is 1.15 bits per heavy atom. The number of aryl methyl sites for hydroxylation is 2. The van der Waals surface area contributed by atoms with E-state index in [1.54, 1.807) is 0 Å². The topological polar surface area (TPSA) is 41.1 Å². The van der Waals surface area contributed by atoms with Crippen molar-refractivity contribution in [2.24, 2.45) is 0 Å². The summed E-state index contributed by atoms with van der Waals surface area (Å²) < 4.78 is 0. The third kappa shape index (κ3) is 4.75. The van der Waals surface area contributed by atoms with Gasteiger partial charge in [0.1, 0.15) is 0 Å². The molecule has 1 fully saturated rings. The molecule has 1 N–H and O–H groups in total. The lowest BCUT2D eigenvalue weighted by molar-refractivity contribution is 0.191. The van der Waals surface area contributed by atoms with Crippen LogP contribution in [0.2, 0.25) is 0 Å². The van der Waals surface area contributed by atoms with Gasteiger partial charge < -0.3 is 10.2 Å². The van der Waals surface area contributed by atoms with Gasteiger partial charge in [-0.2, -0.15) is 0 Å². The van der Waals surface area contributed by atoms with Crippen molar-refractivity contribution in [2.45, 2.75) is 58.4 Å². The molecule has 1 aromatic heterocycles. The number of hydrogen-bond acceptors (Lipinski definition) is 4. The average molecular weight is 276 g/mol. The Balaban J connectivity index is 1.67. The van der Waals surface area contributed by atoms with Gasteiger partial charge in [-0.1, -0.05) is 19.3 Å². The second-order valence-electron chi connectivity index (χ2n) is 6.03. The summed E-state index contributed by atoms with van der Waals surface area (Å²) in [7, 11) is 2.27. The molecule has 1 saturated carbocycles. The minimum atomic E-state index is 0.766. The maximum Gasteiger partial charge on any atom is 0.223 e. The van der Waals surface area contributed by atoms with E-state index in [1.165, 1.54) is 32.1 Å². The zero-order valence-corrected chi connectivity index (χ0v) is 13.2. The first-order valence-corrected chi connectivity index (χ1v) is 7.91. The fraction of sp³-hybridized carbons (Fsp3) is 0.750. The second kappa shape index (κ2) is 7.58. The van der Waals surface area contributed by atoms with Crippen LogP contribution in [0.5, 0.6) is 0 Å². The van der Waals surface area contributed by atoms with E-state index >= 15 is 0 Å². The predicted molar refractivity (Wildman–Crippen MR) is 84.1 cm³/mol. The van der Waals surface area contributed by atoms with Gasteiger partial charge in [0, 0.05) is 24.0 Å². The Morgan fingerprint density at radius 3 is 2.45 bits per heavy atom. The molecule has 0 aliphatic heterocycles. The van der Waals surface area contributed by atoms with Crippen LogP contribution >= 0.6 is 0 Å². The monoisotopic (exact) mass is 276 g/mol. The van der Waals surface area contributed by atoms with Crippen LogP contribution in [0.3, 0.4) is 0 Å². The standard InChI is InChI=1S/C16H28N4/c1-13-12-14(2)19-16(18-13)17-10-7-11-20(3)15-8-5-4-6-9-15/h12,15H,4-11H2,1-3H3,(H,17,18,19). The van der Waals surface area contributed by atoms with E-state index < -0.39 is 0 Å². The molecule has 1 aliphatic carbocycles. The number of anilines is 1. The molecule has 4 heteroatoms. The van der Waals surface area contributed by atoms with E-state index in [9.17, 15) is 0 Å². The molecule has 0 aromatic carbocycles. The smallest absolute Gasteiger partial charge is 0.223 e. The van der Waals surface area contributed by atoms with Crippen molar-refractivity contribution in [2.75, 3.05) is 25.5 Å². The zero-order chi connectivity index (χ0) is 14.4. The fourth-order valence-corrected chi connectivity index (χ4v) is 3.04. The lowest BCUT2D eigenvalue weighted by atomic mass is 9.94. The van der Waals surface area contributed by atoms with Crippen LogP contribution in [-0.4, -0.2) is 41.0 Å². The Bertz CT molecular complexity index is 393. The normalized spacial score (nSPS) is 16.6. The number of nitrogens with zero attached hydrogens (tertiary/aromatic N) is 3. The molecular formula is C16H28N4. The van der Waals surface area contributed by atoms with E-state index in [0.29, 0.717) is 0 Å². The van der Waals surface area contributed by atoms with Crippen LogP contribution in [-0.2, 0) is 0 Å². The first-order chi connectivity index (χ1) is 9.65. The number of aromatic nitrogens is 2. The van der Waals surface area contributed by atoms with Gasteiger partial charge in [-0.3, -0.25) is 0 Å². The Hall–Kier alpha value is -1.16. The summed E-state index contributed by atoms with van der Waals surface area (Å²) in [6.45, 7) is 6.12. The van der Waals surface area contributed by atoms with E-state index in [4.69, 9.17) is 0 Å². The quantitative estimate of drug-likeness (QED) is 0.810. The number of nitrogens with one attached hydrogen (secondary N) is 1. The van der Waals surface area contributed by atoms with Crippen LogP contribution in [0.25, 0.3) is 0 Å². The van der Waals surface area contributed by atoms with Gasteiger partial charge in [-0.05, 0) is 52.8 Å². The fourth-order valence-electron chi connectivity index (χ4n) is 3.04. The summed E-state index contributed by atoms with van der Waals surface area (Å²) in [6, 6.07) is 2.81. The van der Waals surface area contributed by atoms with Crippen LogP contribution < -0.4 is 5.32 Å². The third-order valence-corrected chi connectivity index (χ3v) is 4.15. The van der Waals surface area contributed by atoms with Crippen molar-refractivity contribution in [1.29, 1.82) is 0 Å². The van der Waals surface area contributed by atoms with E-state index in [-0.39, 0.29) is 0 Å². The van der Waals surface area contributed by atoms with Crippen molar-refractivity contribution in [3.8, 4) is 0 Å². The van der Waals surface area contributed by atoms with Gasteiger partial charge in [-0.15, -0.1) is 0 Å². The summed E-state index contributed by atoms with van der Waals surface area (Å²) in [5.74, 6) is 0.766. The highest BCUT2D eigenvalue weighted by Gasteiger charge is 2.17. The zero-order valence-electron chi connectivity index (χ0n) is 13.2. The van der Waals surface area contributed by atoms with Crippen LogP contribution in [0, 0.1) is 13.8 Å². The van der Waals surface area contributed by atoms with Crippen molar-refractivity contribution in [1.82, 2.24) is 14.9 Å². The molecule has 0 atom stereocenters. The number of hydrogen-bond donors (Lipinski definition) is 1. The SMILES string of the molecule is Cc1cc(C)nc(NCCCN(C)C2CCCCC2)n1. The molecule has 1 heterocycles. The first kappa shape index (κ1) is 15.2. The lowest BCUT2D eigenvalue weighted by Gasteiger charge is -2.31. The van der Waals surface area contributed by atoms with Crippen molar-refractivity contribution in [3.05, 3.63) is 17.5 Å². The Labute approximate surface area is 123 Å². The molecular weight excluding hydrogens is 248 g/mol. The summed E-state index contributed by atoms with van der Waals surface area (Å²) in [4.78, 5) is 11.3. The summed E-state index contributed by atoms with van der Waals surface area (Å²) >= 11 is 0. The molecule has 1 aliphatic rings. The van der Waals surface area contributed by atoms with Gasteiger partial charge in [0.2, 0.25) is 5.95 Å². The van der Waals surface area contributed by atoms with E-state index in [1.807, 2.05) is 19.9 Å². The van der Waals surface area contributed by atoms with Crippen molar-refractivity contribution >= 4 is 5.95 Å². The predicted octanol–water partition coefficient (Wildman–Crippen LogP) is 3.16. The molecule has 20 heavy (non-hydrogen) atoms. The molecule has 0 spiro atoms. The highest BCUT2D eigenvalue weighted by molar-refractivity contribution is 5.27. The van der Waals surface area contributed by atoms with E-state index in [2.05, 4.69) is 27.2 Å². The highest BCUT2D eigenvalue weighted by atomic mass is 15.1. The number of rotatable bonds is 6. The molecule has 0 unspecified atom stereocenters. The van der Waals surface area contributed by atoms with Crippen molar-refractivity contribution in [3.63, 3.8) is 0 Å². The molecule has 0 saturated heterocycles. The Morgan fingerprint density at radius 2 is 1.80 bits per heavy atom. The largest absolute Gasteiger partial charge is 0.354 e. The minimum absolute atomic E-state index is 0.766. The minimum Gasteiger partial charge on any atom is -0.354 e. The van der Waals surface area contributed by atoms with Gasteiger partial charge in [0.05, 0.1) is 0 Å². The lowest BCUT2D eigenvalue weighted by Crippen LogP contribution is -2.34. The highest BCUT2D eigenvalue weighted by Crippen LogP contribution is 2.21. The summed E-state index contributed by atoms with van der Waals surface area (Å²) in [6.07, 6.45) is 8.14. The molecule has 0 amide bonds. The third-order valence-electron chi connectivity index (χ3n) is 4.15. The second-order valence-corrected chi connectivity index (χ2v) is 6.03. The Kier molecular flexibility index (Phi) is 5.77. The maximum absolute atomic E-state index is 4.40. The van der Waals surface area contributed by atoms with Gasteiger partial charge in [0.15, 0.2) is 0 Å². The molecule has 112 valence electrons. The maximum atomic E-state index is 4.40. The van der Waals surface area contributed by atoms with Gasteiger partial charge in [0.25, 0.3) is 0 Å². The van der Waals surface area contributed by atoms with Gasteiger partial charge in [-0.25, -0.2) is 9.97 Å². The molecule has 0 radical (unpaired) electrons. The summed E-state index contributed by atoms with van der Waals surface area (Å²) in [5.41, 5.74) is 2.05. The molecule has 2 rings (SSSR count). The average Bonchev–Trinajstić information content (AvgIpc) is 2.43. The molecule has 4 nitrogen and oxygen atoms in total. The van der Waals surface area contributed by atoms with Crippen LogP contribution in [0.4, 0.5) is 5.95 Å². The first-order valence-electron chi connectivity index (χ1n) is 7.91. The van der Waals surface area contributed by atoms with Gasteiger partial charge >= 0.3 is 0 Å². The van der Waals surface area contributed by atoms with Crippen LogP contribution in [0.15, 0.2) is 6.07 Å². The van der Waals surface area contributed by atoms with Crippen molar-refractivity contribution < 1.29 is 0 Å². The van der Waals surface area contributed by atoms with E-state index in [0.717, 1.165) is 42.9 Å². The van der Waals surface area contributed by atoms with Crippen LogP contribution in [0.1, 0.15) is 49.9 Å². The molecule has 1 aromatic rings.